The largest absolute Gasteiger partial charge is 2.00 e. The molecule has 0 N–H and O–H groups in total. The number of rotatable bonds is 7. The molecule has 67 heavy (non-hydrogen) atoms. The number of nitrogens with zero attached hydrogens (tertiary/aromatic N) is 4. The topological polar surface area (TPSA) is 42.6 Å². The third-order valence-electron chi connectivity index (χ3n) is 14.9. The summed E-state index contributed by atoms with van der Waals surface area (Å²) in [5.74, 6) is 3.66. The van der Waals surface area contributed by atoms with Crippen molar-refractivity contribution in [2.24, 2.45) is 4.99 Å². The maximum Gasteiger partial charge on any atom is 2.00 e. The van der Waals surface area contributed by atoms with Crippen molar-refractivity contribution in [2.75, 3.05) is 4.90 Å². The van der Waals surface area contributed by atoms with E-state index in [0.29, 0.717) is 23.3 Å². The van der Waals surface area contributed by atoms with Crippen LogP contribution in [0.5, 0.6) is 11.5 Å². The third-order valence-corrected chi connectivity index (χ3v) is 14.9. The number of aryl methyl sites for hydroxylation is 2. The molecule has 2 aliphatic rings. The van der Waals surface area contributed by atoms with Gasteiger partial charge >= 0.3 is 21.1 Å². The molecule has 7 aromatic rings. The monoisotopic (exact) mass is 1070 g/mol. The second kappa shape index (κ2) is 16.6. The molecule has 0 saturated carbocycles. The number of hydrogen-bond donors (Lipinski definition) is 0. The predicted octanol–water partition coefficient (Wildman–Crippen LogP) is 15.8. The van der Waals surface area contributed by atoms with Crippen LogP contribution in [0.4, 0.5) is 5.69 Å². The van der Waals surface area contributed by atoms with Crippen LogP contribution in [-0.4, -0.2) is 20.9 Å². The van der Waals surface area contributed by atoms with Gasteiger partial charge in [-0.25, -0.2) is 4.98 Å². The maximum absolute atomic E-state index is 7.04. The van der Waals surface area contributed by atoms with E-state index in [-0.39, 0.29) is 37.3 Å². The molecule has 1 aliphatic carbocycles. The van der Waals surface area contributed by atoms with Crippen molar-refractivity contribution < 1.29 is 25.8 Å². The van der Waals surface area contributed by atoms with Crippen LogP contribution in [0.2, 0.25) is 0 Å². The van der Waals surface area contributed by atoms with Crippen molar-refractivity contribution in [2.45, 2.75) is 163 Å². The van der Waals surface area contributed by atoms with Gasteiger partial charge in [0.05, 0.1) is 16.9 Å². The minimum Gasteiger partial charge on any atom is -0.503 e. The second-order valence-corrected chi connectivity index (χ2v) is 23.5. The van der Waals surface area contributed by atoms with Crippen LogP contribution in [0.3, 0.4) is 0 Å². The molecular weight excluding hydrogens is 1000 g/mol. The molecule has 350 valence electrons. The fraction of sp³-hybridized carbons (Fsp3) is 0.410. The van der Waals surface area contributed by atoms with E-state index in [9.17, 15) is 0 Å². The first-order valence-corrected chi connectivity index (χ1v) is 24.2. The van der Waals surface area contributed by atoms with Crippen molar-refractivity contribution in [3.8, 4) is 17.3 Å². The summed E-state index contributed by atoms with van der Waals surface area (Å²) in [4.78, 5) is 13.5. The number of fused-ring (bicyclic) bond motifs is 6. The standard InChI is InChI=1S/C61H70N4O.Pt/c1-36(2)47-19-18-20-48(37(3)4)55(47)65-56(63-60(16)35-41-27-38(5)39(6)28-51(41)61(60,65)17)40-29-44(59(13,14)15)31-46(30-40)66-45-22-23-49-50-32-42(57(7,8)9)21-24-52(50)64(53(49)34-45)54-33-43(25-26-62-54)58(10,11)12;/h18-29,31-33,36-37H,35H2,1-17H3;/q-2;+2/t60-,61+;/m1./s1. The fourth-order valence-electron chi connectivity index (χ4n) is 10.6. The molecule has 2 aromatic heterocycles. The number of anilines is 1. The molecule has 3 heterocycles. The maximum atomic E-state index is 7.04. The van der Waals surface area contributed by atoms with E-state index in [1.165, 1.54) is 55.6 Å². The summed E-state index contributed by atoms with van der Waals surface area (Å²) in [5, 5.41) is 2.28. The normalized spacial score (nSPS) is 18.5. The van der Waals surface area contributed by atoms with Gasteiger partial charge in [0, 0.05) is 28.9 Å². The molecule has 0 spiro atoms. The molecule has 2 atom stereocenters. The van der Waals surface area contributed by atoms with Crippen molar-refractivity contribution in [1.82, 2.24) is 9.55 Å². The van der Waals surface area contributed by atoms with Gasteiger partial charge in [0.1, 0.15) is 5.82 Å². The van der Waals surface area contributed by atoms with Crippen LogP contribution in [-0.2, 0) is 49.3 Å². The summed E-state index contributed by atoms with van der Waals surface area (Å²) in [6, 6.07) is 39.3. The molecule has 6 heteroatoms. The Bertz CT molecular complexity index is 3090. The van der Waals surface area contributed by atoms with E-state index in [1.807, 2.05) is 6.20 Å². The predicted molar refractivity (Wildman–Crippen MR) is 278 cm³/mol. The molecule has 9 rings (SSSR count). The van der Waals surface area contributed by atoms with Crippen molar-refractivity contribution in [1.29, 1.82) is 0 Å². The average molecular weight is 1070 g/mol. The van der Waals surface area contributed by atoms with E-state index < -0.39 is 11.1 Å². The first-order chi connectivity index (χ1) is 30.8. The summed E-state index contributed by atoms with van der Waals surface area (Å²) >= 11 is 0. The summed E-state index contributed by atoms with van der Waals surface area (Å²) < 4.78 is 9.30. The zero-order chi connectivity index (χ0) is 47.6. The summed E-state index contributed by atoms with van der Waals surface area (Å²) in [5.41, 5.74) is 14.8. The number of hydrogen-bond acceptors (Lipinski definition) is 4. The van der Waals surface area contributed by atoms with E-state index in [0.717, 1.165) is 45.6 Å². The van der Waals surface area contributed by atoms with Gasteiger partial charge in [0.15, 0.2) is 0 Å². The molecule has 0 unspecified atom stereocenters. The first-order valence-electron chi connectivity index (χ1n) is 24.2. The zero-order valence-corrected chi connectivity index (χ0v) is 45.3. The molecule has 0 fully saturated rings. The number of para-hydroxylation sites is 1. The summed E-state index contributed by atoms with van der Waals surface area (Å²) in [6.45, 7) is 38.9. The average Bonchev–Trinajstić information content (AvgIpc) is 3.76. The number of aliphatic imine (C=N–C) groups is 1. The molecule has 0 bridgehead atoms. The molecule has 5 aromatic carbocycles. The Morgan fingerprint density at radius 3 is 1.91 bits per heavy atom. The Kier molecular flexibility index (Phi) is 12.0. The van der Waals surface area contributed by atoms with E-state index >= 15 is 0 Å². The molecule has 0 radical (unpaired) electrons. The Morgan fingerprint density at radius 2 is 1.28 bits per heavy atom. The number of pyridine rings is 1. The quantitative estimate of drug-likeness (QED) is 0.149. The smallest absolute Gasteiger partial charge is 0.503 e. The third kappa shape index (κ3) is 8.09. The second-order valence-electron chi connectivity index (χ2n) is 23.5. The Labute approximate surface area is 415 Å². The molecule has 1 aliphatic heterocycles. The Balaban J connectivity index is 0.00000608. The number of benzene rings is 5. The minimum absolute atomic E-state index is 0. The van der Waals surface area contributed by atoms with E-state index in [1.54, 1.807) is 0 Å². The van der Waals surface area contributed by atoms with Gasteiger partial charge in [-0.15, -0.1) is 34.7 Å². The van der Waals surface area contributed by atoms with Crippen LogP contribution in [0.1, 0.15) is 171 Å². The molecule has 0 saturated heterocycles. The first kappa shape index (κ1) is 48.5. The fourth-order valence-corrected chi connectivity index (χ4v) is 10.6. The van der Waals surface area contributed by atoms with Gasteiger partial charge < -0.3 is 19.2 Å². The van der Waals surface area contributed by atoms with Gasteiger partial charge in [0.2, 0.25) is 0 Å². The van der Waals surface area contributed by atoms with Crippen molar-refractivity contribution >= 4 is 33.3 Å². The minimum atomic E-state index is -0.464. The van der Waals surface area contributed by atoms with E-state index in [4.69, 9.17) is 14.7 Å². The van der Waals surface area contributed by atoms with Crippen LogP contribution in [0.25, 0.3) is 27.6 Å². The van der Waals surface area contributed by atoms with Gasteiger partial charge in [-0.2, -0.15) is 6.07 Å². The number of ether oxygens (including phenoxy) is 1. The summed E-state index contributed by atoms with van der Waals surface area (Å²) in [7, 11) is 0. The zero-order valence-electron chi connectivity index (χ0n) is 43.0. The van der Waals surface area contributed by atoms with Gasteiger partial charge in [-0.1, -0.05) is 150 Å². The molecule has 0 amide bonds. The van der Waals surface area contributed by atoms with Gasteiger partial charge in [0.25, 0.3) is 0 Å². The van der Waals surface area contributed by atoms with Gasteiger partial charge in [-0.05, 0) is 130 Å². The Hall–Kier alpha value is -4.99. The molecular formula is C61H70N4OPt. The number of aromatic nitrogens is 2. The van der Waals surface area contributed by atoms with Crippen molar-refractivity contribution in [3.63, 3.8) is 0 Å². The van der Waals surface area contributed by atoms with Crippen molar-refractivity contribution in [3.05, 3.63) is 159 Å². The molecule has 5 nitrogen and oxygen atoms in total. The summed E-state index contributed by atoms with van der Waals surface area (Å²) in [6.07, 6.45) is 2.79. The number of amidine groups is 1. The van der Waals surface area contributed by atoms with Crippen LogP contribution < -0.4 is 9.64 Å². The van der Waals surface area contributed by atoms with Gasteiger partial charge in [-0.3, -0.25) is 0 Å². The Morgan fingerprint density at radius 1 is 0.657 bits per heavy atom. The van der Waals surface area contributed by atoms with E-state index in [2.05, 4.69) is 224 Å². The van der Waals surface area contributed by atoms with Crippen LogP contribution in [0, 0.1) is 26.0 Å². The SMILES string of the molecule is Cc1cc2c(cc1C)[C@]1(C)N(c3c(C(C)C)cccc3C(C)C)C(c3[c-]c(Oc4[c-]c5c(cc4)c4cc(C(C)(C)C)ccc4n5-c4cc(C(C)(C)C)ccn4)cc(C(C)(C)C)c3)=N[C@]1(C)C2.[Pt+2]. The van der Waals surface area contributed by atoms with Crippen LogP contribution >= 0.6 is 0 Å². The van der Waals surface area contributed by atoms with Crippen LogP contribution in [0.15, 0.2) is 96.1 Å².